The number of rotatable bonds is 8. The predicted octanol–water partition coefficient (Wildman–Crippen LogP) is 4.87. The fourth-order valence-corrected chi connectivity index (χ4v) is 4.15. The lowest BCUT2D eigenvalue weighted by molar-refractivity contribution is -0.139. The summed E-state index contributed by atoms with van der Waals surface area (Å²) >= 11 is 1.59. The molecule has 4 nitrogen and oxygen atoms in total. The molecule has 0 radical (unpaired) electrons. The number of nitrogens with zero attached hydrogens (tertiary/aromatic N) is 1. The van der Waals surface area contributed by atoms with Gasteiger partial charge in [-0.25, -0.2) is 0 Å². The summed E-state index contributed by atoms with van der Waals surface area (Å²) < 4.78 is 0. The van der Waals surface area contributed by atoms with E-state index >= 15 is 0 Å². The first-order valence-electron chi connectivity index (χ1n) is 10.4. The number of benzene rings is 2. The zero-order chi connectivity index (χ0) is 22.3. The van der Waals surface area contributed by atoms with E-state index in [1.165, 1.54) is 11.1 Å². The van der Waals surface area contributed by atoms with Crippen LogP contribution >= 0.6 is 11.8 Å². The van der Waals surface area contributed by atoms with E-state index < -0.39 is 6.04 Å². The van der Waals surface area contributed by atoms with Crippen LogP contribution in [0.2, 0.25) is 0 Å². The number of aryl methyl sites for hydroxylation is 2. The van der Waals surface area contributed by atoms with Gasteiger partial charge in [0.15, 0.2) is 0 Å². The molecule has 0 unspecified atom stereocenters. The van der Waals surface area contributed by atoms with Crippen molar-refractivity contribution in [3.63, 3.8) is 0 Å². The zero-order valence-corrected chi connectivity index (χ0v) is 19.8. The van der Waals surface area contributed by atoms with Gasteiger partial charge in [-0.3, -0.25) is 9.59 Å². The molecule has 0 fully saturated rings. The molecule has 0 aliphatic rings. The second-order valence-corrected chi connectivity index (χ2v) is 9.83. The molecule has 0 heterocycles. The van der Waals surface area contributed by atoms with Gasteiger partial charge in [0.1, 0.15) is 6.04 Å². The topological polar surface area (TPSA) is 49.4 Å². The molecule has 2 amide bonds. The lowest BCUT2D eigenvalue weighted by Crippen LogP contribution is -2.52. The van der Waals surface area contributed by atoms with Crippen LogP contribution in [-0.2, 0) is 21.9 Å². The summed E-state index contributed by atoms with van der Waals surface area (Å²) in [6.45, 7) is 12.2. The van der Waals surface area contributed by atoms with Gasteiger partial charge in [0, 0.05) is 17.8 Å². The minimum Gasteiger partial charge on any atom is -0.350 e. The normalized spacial score (nSPS) is 12.3. The predicted molar refractivity (Wildman–Crippen MR) is 126 cm³/mol. The van der Waals surface area contributed by atoms with Crippen molar-refractivity contribution in [2.75, 3.05) is 5.75 Å². The molecule has 2 aromatic rings. The number of thioether (sulfide) groups is 1. The second-order valence-electron chi connectivity index (χ2n) is 8.85. The van der Waals surface area contributed by atoms with Crippen LogP contribution in [0.3, 0.4) is 0 Å². The standard InChI is InChI=1S/C25H34N2O2S/c1-18-10-9-12-21(14-18)15-27(20(3)24(29)26-25(4,5)6)23(28)17-30-16-22-13-8-7-11-19(22)2/h7-14,20H,15-17H2,1-6H3,(H,26,29)/t20-/m0/s1. The van der Waals surface area contributed by atoms with Gasteiger partial charge in [-0.2, -0.15) is 0 Å². The molecule has 0 bridgehead atoms. The number of hydrogen-bond acceptors (Lipinski definition) is 3. The molecule has 0 saturated heterocycles. The highest BCUT2D eigenvalue weighted by atomic mass is 32.2. The van der Waals surface area contributed by atoms with E-state index in [0.29, 0.717) is 12.3 Å². The molecule has 0 aromatic heterocycles. The van der Waals surface area contributed by atoms with Gasteiger partial charge in [-0.15, -0.1) is 11.8 Å². The van der Waals surface area contributed by atoms with Crippen LogP contribution in [0.15, 0.2) is 48.5 Å². The van der Waals surface area contributed by atoms with E-state index in [4.69, 9.17) is 0 Å². The summed E-state index contributed by atoms with van der Waals surface area (Å²) in [5, 5.41) is 3.00. The van der Waals surface area contributed by atoms with Crippen molar-refractivity contribution >= 4 is 23.6 Å². The summed E-state index contributed by atoms with van der Waals surface area (Å²) in [5.74, 6) is 0.964. The molecule has 30 heavy (non-hydrogen) atoms. The number of nitrogens with one attached hydrogen (secondary N) is 1. The Morgan fingerprint density at radius 1 is 1.07 bits per heavy atom. The Hall–Kier alpha value is -2.27. The van der Waals surface area contributed by atoms with Crippen LogP contribution in [0.5, 0.6) is 0 Å². The van der Waals surface area contributed by atoms with Crippen LogP contribution in [0, 0.1) is 13.8 Å². The van der Waals surface area contributed by atoms with Gasteiger partial charge in [-0.1, -0.05) is 54.1 Å². The van der Waals surface area contributed by atoms with Crippen molar-refractivity contribution in [2.45, 2.75) is 65.4 Å². The van der Waals surface area contributed by atoms with E-state index in [-0.39, 0.29) is 17.4 Å². The summed E-state index contributed by atoms with van der Waals surface area (Å²) in [4.78, 5) is 27.6. The summed E-state index contributed by atoms with van der Waals surface area (Å²) in [5.41, 5.74) is 4.29. The highest BCUT2D eigenvalue weighted by Gasteiger charge is 2.28. The van der Waals surface area contributed by atoms with Crippen LogP contribution in [0.4, 0.5) is 0 Å². The molecular formula is C25H34N2O2S. The number of carbonyl (C=O) groups excluding carboxylic acids is 2. The van der Waals surface area contributed by atoms with Crippen molar-refractivity contribution in [1.82, 2.24) is 10.2 Å². The van der Waals surface area contributed by atoms with E-state index in [9.17, 15) is 9.59 Å². The Kier molecular flexibility index (Phi) is 8.54. The van der Waals surface area contributed by atoms with Crippen LogP contribution in [0.1, 0.15) is 49.9 Å². The van der Waals surface area contributed by atoms with E-state index in [0.717, 1.165) is 16.9 Å². The maximum atomic E-state index is 13.1. The Morgan fingerprint density at radius 3 is 2.40 bits per heavy atom. The van der Waals surface area contributed by atoms with Crippen molar-refractivity contribution < 1.29 is 9.59 Å². The van der Waals surface area contributed by atoms with Crippen LogP contribution in [0.25, 0.3) is 0 Å². The monoisotopic (exact) mass is 426 g/mol. The lowest BCUT2D eigenvalue weighted by atomic mass is 10.1. The van der Waals surface area contributed by atoms with Crippen LogP contribution < -0.4 is 5.32 Å². The average Bonchev–Trinajstić information content (AvgIpc) is 2.65. The highest BCUT2D eigenvalue weighted by Crippen LogP contribution is 2.18. The Morgan fingerprint density at radius 2 is 1.77 bits per heavy atom. The van der Waals surface area contributed by atoms with Gasteiger partial charge in [0.2, 0.25) is 11.8 Å². The molecule has 1 N–H and O–H groups in total. The largest absolute Gasteiger partial charge is 0.350 e. The smallest absolute Gasteiger partial charge is 0.242 e. The van der Waals surface area contributed by atoms with Crippen molar-refractivity contribution in [1.29, 1.82) is 0 Å². The summed E-state index contributed by atoms with van der Waals surface area (Å²) in [6.07, 6.45) is 0. The third-order valence-corrected chi connectivity index (χ3v) is 5.81. The number of hydrogen-bond donors (Lipinski definition) is 1. The van der Waals surface area contributed by atoms with Crippen molar-refractivity contribution in [3.8, 4) is 0 Å². The zero-order valence-electron chi connectivity index (χ0n) is 19.0. The third-order valence-electron chi connectivity index (χ3n) is 4.85. The van der Waals surface area contributed by atoms with Gasteiger partial charge in [-0.05, 0) is 58.2 Å². The van der Waals surface area contributed by atoms with Crippen molar-refractivity contribution in [3.05, 3.63) is 70.8 Å². The minimum absolute atomic E-state index is 0.0216. The molecule has 1 atom stereocenters. The molecular weight excluding hydrogens is 392 g/mol. The molecule has 5 heteroatoms. The maximum absolute atomic E-state index is 13.1. The summed E-state index contributed by atoms with van der Waals surface area (Å²) in [6, 6.07) is 15.8. The first-order valence-corrected chi connectivity index (χ1v) is 11.5. The van der Waals surface area contributed by atoms with Gasteiger partial charge >= 0.3 is 0 Å². The fourth-order valence-electron chi connectivity index (χ4n) is 3.17. The molecule has 2 aromatic carbocycles. The van der Waals surface area contributed by atoms with Gasteiger partial charge in [0.05, 0.1) is 5.75 Å². The van der Waals surface area contributed by atoms with E-state index in [1.807, 2.05) is 58.0 Å². The van der Waals surface area contributed by atoms with Gasteiger partial charge < -0.3 is 10.2 Å². The third kappa shape index (κ3) is 7.52. The molecule has 0 spiro atoms. The first kappa shape index (κ1) is 24.0. The van der Waals surface area contributed by atoms with E-state index in [1.54, 1.807) is 23.6 Å². The highest BCUT2D eigenvalue weighted by molar-refractivity contribution is 7.99. The maximum Gasteiger partial charge on any atom is 0.242 e. The molecule has 2 rings (SSSR count). The van der Waals surface area contributed by atoms with E-state index in [2.05, 4.69) is 30.4 Å². The van der Waals surface area contributed by atoms with Crippen LogP contribution in [-0.4, -0.2) is 34.0 Å². The fraction of sp³-hybridized carbons (Fsp3) is 0.440. The minimum atomic E-state index is -0.545. The Labute approximate surface area is 185 Å². The first-order chi connectivity index (χ1) is 14.1. The molecule has 0 aliphatic heterocycles. The molecule has 0 saturated carbocycles. The number of carbonyl (C=O) groups is 2. The second kappa shape index (κ2) is 10.7. The lowest BCUT2D eigenvalue weighted by Gasteiger charge is -2.31. The quantitative estimate of drug-likeness (QED) is 0.655. The number of amides is 2. The molecule has 0 aliphatic carbocycles. The van der Waals surface area contributed by atoms with Crippen molar-refractivity contribution in [2.24, 2.45) is 0 Å². The SMILES string of the molecule is Cc1cccc(CN(C(=O)CSCc2ccccc2C)[C@@H](C)C(=O)NC(C)(C)C)c1. The Balaban J connectivity index is 2.11. The average molecular weight is 427 g/mol. The summed E-state index contributed by atoms with van der Waals surface area (Å²) in [7, 11) is 0. The molecule has 162 valence electrons. The van der Waals surface area contributed by atoms with Gasteiger partial charge in [0.25, 0.3) is 0 Å². The Bertz CT molecular complexity index is 873.